The van der Waals surface area contributed by atoms with Crippen molar-refractivity contribution in [1.82, 2.24) is 4.72 Å². The largest absolute Gasteiger partial charge is 0.396 e. The van der Waals surface area contributed by atoms with Gasteiger partial charge in [0.2, 0.25) is 10.0 Å². The van der Waals surface area contributed by atoms with Crippen molar-refractivity contribution in [1.29, 1.82) is 0 Å². The van der Waals surface area contributed by atoms with Crippen LogP contribution in [0, 0.1) is 0 Å². The summed E-state index contributed by atoms with van der Waals surface area (Å²) in [5.74, 6) is 0. The number of rotatable bonds is 6. The number of hydrogen-bond donors (Lipinski definition) is 2. The Kier molecular flexibility index (Phi) is 4.76. The minimum Gasteiger partial charge on any atom is -0.396 e. The smallest absolute Gasteiger partial charge is 0.214 e. The molecule has 0 aromatic carbocycles. The van der Waals surface area contributed by atoms with Gasteiger partial charge in [0.25, 0.3) is 0 Å². The highest BCUT2D eigenvalue weighted by atomic mass is 32.2. The molecule has 16 heavy (non-hydrogen) atoms. The molecular weight excluding hydrogens is 226 g/mol. The third-order valence-electron chi connectivity index (χ3n) is 3.57. The highest BCUT2D eigenvalue weighted by Crippen LogP contribution is 2.26. The van der Waals surface area contributed by atoms with Gasteiger partial charge in [0.1, 0.15) is 0 Å². The van der Waals surface area contributed by atoms with Gasteiger partial charge in [-0.3, -0.25) is 0 Å². The standard InChI is InChI=1S/C11H23NO3S/c1-3-11(2,8-9-13)12-16(14,15)10-6-4-5-7-10/h10,12-13H,3-9H2,1-2H3. The van der Waals surface area contributed by atoms with Gasteiger partial charge in [0, 0.05) is 12.1 Å². The average molecular weight is 249 g/mol. The Labute approximate surface area is 98.5 Å². The predicted molar refractivity (Wildman–Crippen MR) is 64.7 cm³/mol. The zero-order valence-electron chi connectivity index (χ0n) is 10.2. The molecule has 4 nitrogen and oxygen atoms in total. The molecule has 5 heteroatoms. The van der Waals surface area contributed by atoms with E-state index in [1.54, 1.807) is 0 Å². The van der Waals surface area contributed by atoms with Gasteiger partial charge in [-0.05, 0) is 32.6 Å². The van der Waals surface area contributed by atoms with Crippen molar-refractivity contribution in [3.05, 3.63) is 0 Å². The quantitative estimate of drug-likeness (QED) is 0.748. The molecule has 0 radical (unpaired) electrons. The maximum absolute atomic E-state index is 12.1. The molecule has 1 unspecified atom stereocenters. The zero-order valence-corrected chi connectivity index (χ0v) is 11.0. The first kappa shape index (κ1) is 13.9. The number of nitrogens with one attached hydrogen (secondary N) is 1. The van der Waals surface area contributed by atoms with Crippen molar-refractivity contribution in [3.8, 4) is 0 Å². The maximum Gasteiger partial charge on any atom is 0.214 e. The van der Waals surface area contributed by atoms with Crippen molar-refractivity contribution in [2.75, 3.05) is 6.61 Å². The van der Waals surface area contributed by atoms with E-state index in [9.17, 15) is 8.42 Å². The molecule has 1 saturated carbocycles. The Morgan fingerprint density at radius 3 is 2.38 bits per heavy atom. The fraction of sp³-hybridized carbons (Fsp3) is 1.00. The number of aliphatic hydroxyl groups excluding tert-OH is 1. The van der Waals surface area contributed by atoms with Crippen molar-refractivity contribution in [2.24, 2.45) is 0 Å². The number of aliphatic hydroxyl groups is 1. The van der Waals surface area contributed by atoms with Crippen LogP contribution in [0.3, 0.4) is 0 Å². The summed E-state index contributed by atoms with van der Waals surface area (Å²) < 4.78 is 27.0. The Morgan fingerprint density at radius 1 is 1.38 bits per heavy atom. The molecule has 0 saturated heterocycles. The van der Waals surface area contributed by atoms with Gasteiger partial charge >= 0.3 is 0 Å². The molecule has 0 aliphatic heterocycles. The van der Waals surface area contributed by atoms with E-state index in [4.69, 9.17) is 5.11 Å². The molecule has 0 heterocycles. The van der Waals surface area contributed by atoms with Crippen LogP contribution >= 0.6 is 0 Å². The second kappa shape index (κ2) is 5.47. The third-order valence-corrected chi connectivity index (χ3v) is 5.70. The highest BCUT2D eigenvalue weighted by Gasteiger charge is 2.34. The van der Waals surface area contributed by atoms with Crippen molar-refractivity contribution < 1.29 is 13.5 Å². The van der Waals surface area contributed by atoms with Crippen LogP contribution in [0.5, 0.6) is 0 Å². The summed E-state index contributed by atoms with van der Waals surface area (Å²) in [4.78, 5) is 0. The maximum atomic E-state index is 12.1. The third kappa shape index (κ3) is 3.43. The van der Waals surface area contributed by atoms with Crippen LogP contribution in [0.4, 0.5) is 0 Å². The molecule has 1 aliphatic carbocycles. The Bertz CT molecular complexity index is 309. The summed E-state index contributed by atoms with van der Waals surface area (Å²) in [5.41, 5.74) is -0.504. The SMILES string of the molecule is CCC(C)(CCO)NS(=O)(=O)C1CCCC1. The molecule has 0 aromatic rings. The molecule has 0 aromatic heterocycles. The van der Waals surface area contributed by atoms with Gasteiger partial charge in [0.05, 0.1) is 5.25 Å². The van der Waals surface area contributed by atoms with Gasteiger partial charge in [-0.2, -0.15) is 0 Å². The lowest BCUT2D eigenvalue weighted by atomic mass is 9.97. The molecular formula is C11H23NO3S. The second-order valence-corrected chi connectivity index (χ2v) is 6.90. The lowest BCUT2D eigenvalue weighted by Gasteiger charge is -2.30. The normalized spacial score (nSPS) is 22.2. The molecule has 0 spiro atoms. The van der Waals surface area contributed by atoms with E-state index in [1.165, 1.54) is 0 Å². The summed E-state index contributed by atoms with van der Waals surface area (Å²) in [7, 11) is -3.21. The summed E-state index contributed by atoms with van der Waals surface area (Å²) in [6.45, 7) is 3.81. The zero-order chi connectivity index (χ0) is 12.2. The Balaban J connectivity index is 2.69. The van der Waals surface area contributed by atoms with Crippen molar-refractivity contribution in [2.45, 2.75) is 63.2 Å². The van der Waals surface area contributed by atoms with Crippen LogP contribution in [-0.2, 0) is 10.0 Å². The minimum absolute atomic E-state index is 0.0114. The predicted octanol–water partition coefficient (Wildman–Crippen LogP) is 1.40. The van der Waals surface area contributed by atoms with E-state index in [1.807, 2.05) is 13.8 Å². The molecule has 0 amide bonds. The molecule has 96 valence electrons. The first-order chi connectivity index (χ1) is 7.43. The minimum atomic E-state index is -3.21. The van der Waals surface area contributed by atoms with E-state index in [0.29, 0.717) is 12.8 Å². The molecule has 1 fully saturated rings. The first-order valence-electron chi connectivity index (χ1n) is 6.07. The lowest BCUT2D eigenvalue weighted by Crippen LogP contribution is -2.49. The lowest BCUT2D eigenvalue weighted by molar-refractivity contribution is 0.233. The fourth-order valence-electron chi connectivity index (χ4n) is 2.17. The van der Waals surface area contributed by atoms with E-state index in [0.717, 1.165) is 25.7 Å². The average Bonchev–Trinajstić information content (AvgIpc) is 2.70. The molecule has 0 bridgehead atoms. The Morgan fingerprint density at radius 2 is 1.94 bits per heavy atom. The van der Waals surface area contributed by atoms with Crippen LogP contribution in [0.25, 0.3) is 0 Å². The van der Waals surface area contributed by atoms with Crippen molar-refractivity contribution >= 4 is 10.0 Å². The molecule has 1 atom stereocenters. The van der Waals surface area contributed by atoms with Gasteiger partial charge in [-0.15, -0.1) is 0 Å². The number of hydrogen-bond acceptors (Lipinski definition) is 3. The van der Waals surface area contributed by atoms with E-state index in [-0.39, 0.29) is 11.9 Å². The van der Waals surface area contributed by atoms with E-state index < -0.39 is 15.6 Å². The fourth-order valence-corrected chi connectivity index (χ4v) is 4.23. The van der Waals surface area contributed by atoms with Gasteiger partial charge < -0.3 is 5.11 Å². The highest BCUT2D eigenvalue weighted by molar-refractivity contribution is 7.90. The summed E-state index contributed by atoms with van der Waals surface area (Å²) in [5, 5.41) is 8.74. The van der Waals surface area contributed by atoms with Gasteiger partial charge in [0.15, 0.2) is 0 Å². The second-order valence-electron chi connectivity index (χ2n) is 4.94. The first-order valence-corrected chi connectivity index (χ1v) is 7.62. The van der Waals surface area contributed by atoms with E-state index >= 15 is 0 Å². The summed E-state index contributed by atoms with van der Waals surface area (Å²) >= 11 is 0. The molecule has 1 aliphatic rings. The van der Waals surface area contributed by atoms with Crippen LogP contribution in [-0.4, -0.2) is 30.9 Å². The van der Waals surface area contributed by atoms with E-state index in [2.05, 4.69) is 4.72 Å². The van der Waals surface area contributed by atoms with Crippen molar-refractivity contribution in [3.63, 3.8) is 0 Å². The summed E-state index contributed by atoms with van der Waals surface area (Å²) in [6, 6.07) is 0. The topological polar surface area (TPSA) is 66.4 Å². The van der Waals surface area contributed by atoms with Gasteiger partial charge in [-0.1, -0.05) is 19.8 Å². The van der Waals surface area contributed by atoms with Crippen LogP contribution in [0.1, 0.15) is 52.4 Å². The van der Waals surface area contributed by atoms with Crippen LogP contribution in [0.2, 0.25) is 0 Å². The monoisotopic (exact) mass is 249 g/mol. The number of sulfonamides is 1. The van der Waals surface area contributed by atoms with Crippen LogP contribution < -0.4 is 4.72 Å². The van der Waals surface area contributed by atoms with Gasteiger partial charge in [-0.25, -0.2) is 13.1 Å². The van der Waals surface area contributed by atoms with Crippen LogP contribution in [0.15, 0.2) is 0 Å². The molecule has 1 rings (SSSR count). The Hall–Kier alpha value is -0.130. The molecule has 2 N–H and O–H groups in total. The summed E-state index contributed by atoms with van der Waals surface area (Å²) in [6.07, 6.45) is 4.72.